The van der Waals surface area contributed by atoms with Gasteiger partial charge in [0.25, 0.3) is 0 Å². The van der Waals surface area contributed by atoms with Gasteiger partial charge in [0.2, 0.25) is 0 Å². The van der Waals surface area contributed by atoms with E-state index in [9.17, 15) is 5.11 Å². The fraction of sp³-hybridized carbons (Fsp3) is 0.714. The molecule has 0 aliphatic rings. The summed E-state index contributed by atoms with van der Waals surface area (Å²) in [7, 11) is 0. The average molecular weight is 255 g/mol. The third-order valence-corrected chi connectivity index (χ3v) is 3.09. The molecule has 0 bridgehead atoms. The van der Waals surface area contributed by atoms with Crippen LogP contribution in [0.3, 0.4) is 0 Å². The van der Waals surface area contributed by atoms with Crippen molar-refractivity contribution in [2.24, 2.45) is 5.41 Å². The van der Waals surface area contributed by atoms with E-state index >= 15 is 0 Å². The van der Waals surface area contributed by atoms with E-state index in [1.54, 1.807) is 6.26 Å². The molecule has 1 aromatic rings. The summed E-state index contributed by atoms with van der Waals surface area (Å²) in [5.41, 5.74) is 0.189. The molecule has 2 atom stereocenters. The van der Waals surface area contributed by atoms with Crippen molar-refractivity contribution in [2.45, 2.75) is 46.4 Å². The van der Waals surface area contributed by atoms with Crippen LogP contribution in [0.25, 0.3) is 0 Å². The van der Waals surface area contributed by atoms with Gasteiger partial charge in [-0.15, -0.1) is 0 Å². The van der Waals surface area contributed by atoms with Gasteiger partial charge in [0.15, 0.2) is 0 Å². The summed E-state index contributed by atoms with van der Waals surface area (Å²) in [4.78, 5) is 0. The van der Waals surface area contributed by atoms with Gasteiger partial charge in [-0.1, -0.05) is 20.8 Å². The van der Waals surface area contributed by atoms with Gasteiger partial charge in [-0.3, -0.25) is 0 Å². The molecule has 0 aliphatic heterocycles. The number of rotatable bonds is 7. The number of ether oxygens (including phenoxy) is 1. The second-order valence-corrected chi connectivity index (χ2v) is 5.74. The first-order valence-electron chi connectivity index (χ1n) is 6.41. The second-order valence-electron chi connectivity index (χ2n) is 5.74. The Morgan fingerprint density at radius 1 is 1.44 bits per heavy atom. The van der Waals surface area contributed by atoms with E-state index in [1.807, 2.05) is 12.1 Å². The Morgan fingerprint density at radius 3 is 2.72 bits per heavy atom. The van der Waals surface area contributed by atoms with E-state index in [0.717, 1.165) is 5.76 Å². The maximum absolute atomic E-state index is 9.77. The van der Waals surface area contributed by atoms with Crippen LogP contribution in [-0.4, -0.2) is 30.4 Å². The molecule has 1 aromatic heterocycles. The van der Waals surface area contributed by atoms with Crippen LogP contribution in [0.5, 0.6) is 0 Å². The Bertz CT molecular complexity index is 316. The summed E-state index contributed by atoms with van der Waals surface area (Å²) in [5, 5.41) is 13.1. The van der Waals surface area contributed by atoms with Crippen LogP contribution >= 0.6 is 0 Å². The number of aliphatic hydroxyl groups is 1. The smallest absolute Gasteiger partial charge is 0.129 e. The van der Waals surface area contributed by atoms with E-state index in [-0.39, 0.29) is 5.41 Å². The Labute approximate surface area is 109 Å². The quantitative estimate of drug-likeness (QED) is 0.784. The standard InChI is InChI=1S/C14H25NO3/c1-11(14(2,3)4)15-8-12(16)9-17-10-13-6-5-7-18-13/h5-7,11-12,15-16H,8-10H2,1-4H3. The van der Waals surface area contributed by atoms with Crippen LogP contribution < -0.4 is 5.32 Å². The molecule has 18 heavy (non-hydrogen) atoms. The molecule has 1 rings (SSSR count). The van der Waals surface area contributed by atoms with Crippen molar-refractivity contribution in [1.29, 1.82) is 0 Å². The van der Waals surface area contributed by atoms with Crippen molar-refractivity contribution < 1.29 is 14.3 Å². The number of hydrogen-bond donors (Lipinski definition) is 2. The third kappa shape index (κ3) is 5.67. The Balaban J connectivity index is 2.12. The first kappa shape index (κ1) is 15.2. The zero-order valence-electron chi connectivity index (χ0n) is 11.8. The Morgan fingerprint density at radius 2 is 2.17 bits per heavy atom. The van der Waals surface area contributed by atoms with Gasteiger partial charge in [0, 0.05) is 12.6 Å². The van der Waals surface area contributed by atoms with E-state index < -0.39 is 6.10 Å². The Kier molecular flexibility index (Phi) is 5.85. The zero-order valence-corrected chi connectivity index (χ0v) is 11.8. The molecule has 0 radical (unpaired) electrons. The highest BCUT2D eigenvalue weighted by atomic mass is 16.5. The molecule has 0 fully saturated rings. The average Bonchev–Trinajstić information content (AvgIpc) is 2.77. The van der Waals surface area contributed by atoms with E-state index in [0.29, 0.717) is 25.8 Å². The number of furan rings is 1. The number of hydrogen-bond acceptors (Lipinski definition) is 4. The molecule has 104 valence electrons. The molecule has 1 heterocycles. The monoisotopic (exact) mass is 255 g/mol. The van der Waals surface area contributed by atoms with Crippen LogP contribution in [0.1, 0.15) is 33.5 Å². The molecule has 2 N–H and O–H groups in total. The molecule has 0 saturated heterocycles. The summed E-state index contributed by atoms with van der Waals surface area (Å²) in [5.74, 6) is 0.776. The fourth-order valence-electron chi connectivity index (χ4n) is 1.37. The van der Waals surface area contributed by atoms with Gasteiger partial charge in [-0.05, 0) is 24.5 Å². The minimum atomic E-state index is -0.496. The molecular weight excluding hydrogens is 230 g/mol. The fourth-order valence-corrected chi connectivity index (χ4v) is 1.37. The van der Waals surface area contributed by atoms with Gasteiger partial charge in [-0.25, -0.2) is 0 Å². The summed E-state index contributed by atoms with van der Waals surface area (Å²) >= 11 is 0. The molecule has 0 saturated carbocycles. The van der Waals surface area contributed by atoms with Crippen molar-refractivity contribution in [2.75, 3.05) is 13.2 Å². The van der Waals surface area contributed by atoms with Gasteiger partial charge >= 0.3 is 0 Å². The lowest BCUT2D eigenvalue weighted by molar-refractivity contribution is 0.0201. The molecule has 4 nitrogen and oxygen atoms in total. The van der Waals surface area contributed by atoms with Crippen LogP contribution in [0, 0.1) is 5.41 Å². The predicted octanol–water partition coefficient (Wildman–Crippen LogP) is 2.18. The van der Waals surface area contributed by atoms with Crippen molar-refractivity contribution in [3.8, 4) is 0 Å². The maximum atomic E-state index is 9.77. The summed E-state index contributed by atoms with van der Waals surface area (Å²) < 4.78 is 10.5. The molecular formula is C14H25NO3. The SMILES string of the molecule is CC(NCC(O)COCc1ccco1)C(C)(C)C. The molecule has 0 aliphatic carbocycles. The molecule has 4 heteroatoms. The minimum Gasteiger partial charge on any atom is -0.467 e. The molecule has 0 aromatic carbocycles. The molecule has 2 unspecified atom stereocenters. The summed E-state index contributed by atoms with van der Waals surface area (Å²) in [6, 6.07) is 4.02. The highest BCUT2D eigenvalue weighted by molar-refractivity contribution is 4.96. The Hall–Kier alpha value is -0.840. The van der Waals surface area contributed by atoms with Crippen LogP contribution in [0.2, 0.25) is 0 Å². The van der Waals surface area contributed by atoms with Crippen molar-refractivity contribution >= 4 is 0 Å². The first-order chi connectivity index (χ1) is 8.39. The predicted molar refractivity (Wildman–Crippen MR) is 71.3 cm³/mol. The first-order valence-corrected chi connectivity index (χ1v) is 6.41. The molecule has 0 spiro atoms. The van der Waals surface area contributed by atoms with E-state index in [2.05, 4.69) is 33.0 Å². The zero-order chi connectivity index (χ0) is 13.6. The molecule has 0 amide bonds. The maximum Gasteiger partial charge on any atom is 0.129 e. The van der Waals surface area contributed by atoms with Gasteiger partial charge < -0.3 is 19.6 Å². The summed E-state index contributed by atoms with van der Waals surface area (Å²) in [6.45, 7) is 9.88. The lowest BCUT2D eigenvalue weighted by atomic mass is 9.88. The van der Waals surface area contributed by atoms with E-state index in [1.165, 1.54) is 0 Å². The van der Waals surface area contributed by atoms with Gasteiger partial charge in [0.05, 0.1) is 19.0 Å². The lowest BCUT2D eigenvalue weighted by Gasteiger charge is -2.29. The highest BCUT2D eigenvalue weighted by Crippen LogP contribution is 2.18. The minimum absolute atomic E-state index is 0.189. The van der Waals surface area contributed by atoms with E-state index in [4.69, 9.17) is 9.15 Å². The van der Waals surface area contributed by atoms with Gasteiger partial charge in [0.1, 0.15) is 12.4 Å². The largest absolute Gasteiger partial charge is 0.467 e. The van der Waals surface area contributed by atoms with Gasteiger partial charge in [-0.2, -0.15) is 0 Å². The van der Waals surface area contributed by atoms with Crippen LogP contribution in [-0.2, 0) is 11.3 Å². The van der Waals surface area contributed by atoms with Crippen LogP contribution in [0.15, 0.2) is 22.8 Å². The summed E-state index contributed by atoms with van der Waals surface area (Å²) in [6.07, 6.45) is 1.12. The third-order valence-electron chi connectivity index (χ3n) is 3.09. The normalized spacial score (nSPS) is 15.6. The van der Waals surface area contributed by atoms with Crippen molar-refractivity contribution in [1.82, 2.24) is 5.32 Å². The van der Waals surface area contributed by atoms with Crippen LogP contribution in [0.4, 0.5) is 0 Å². The number of nitrogens with one attached hydrogen (secondary N) is 1. The highest BCUT2D eigenvalue weighted by Gasteiger charge is 2.20. The lowest BCUT2D eigenvalue weighted by Crippen LogP contribution is -2.42. The number of aliphatic hydroxyl groups excluding tert-OH is 1. The second kappa shape index (κ2) is 6.92. The van der Waals surface area contributed by atoms with Crippen molar-refractivity contribution in [3.63, 3.8) is 0 Å². The van der Waals surface area contributed by atoms with Crippen molar-refractivity contribution in [3.05, 3.63) is 24.2 Å². The topological polar surface area (TPSA) is 54.6 Å².